The Labute approximate surface area is 128 Å². The normalized spacial score (nSPS) is 21.6. The van der Waals surface area contributed by atoms with Crippen LogP contribution in [0.2, 0.25) is 0 Å². The molecule has 0 aliphatic carbocycles. The van der Waals surface area contributed by atoms with Crippen LogP contribution < -0.4 is 14.8 Å². The molecule has 2 rings (SSSR count). The van der Waals surface area contributed by atoms with Crippen molar-refractivity contribution in [3.63, 3.8) is 0 Å². The minimum absolute atomic E-state index is 0.253. The zero-order chi connectivity index (χ0) is 15.2. The first kappa shape index (κ1) is 16.1. The van der Waals surface area contributed by atoms with Gasteiger partial charge in [-0.1, -0.05) is 0 Å². The van der Waals surface area contributed by atoms with E-state index in [1.165, 1.54) is 32.4 Å². The van der Waals surface area contributed by atoms with Crippen LogP contribution in [0.4, 0.5) is 0 Å². The standard InChI is InChI=1S/C17H28N2O2/c1-13(18-14-6-5-10-19(2)11-9-14)16-12-15(20-3)7-8-17(16)21-4/h7-8,12-14,18H,5-6,9-11H2,1-4H3. The van der Waals surface area contributed by atoms with Gasteiger partial charge in [-0.2, -0.15) is 0 Å². The van der Waals surface area contributed by atoms with Gasteiger partial charge in [-0.3, -0.25) is 0 Å². The Morgan fingerprint density at radius 2 is 2.00 bits per heavy atom. The summed E-state index contributed by atoms with van der Waals surface area (Å²) in [6, 6.07) is 6.81. The highest BCUT2D eigenvalue weighted by Gasteiger charge is 2.19. The van der Waals surface area contributed by atoms with Crippen molar-refractivity contribution >= 4 is 0 Å². The van der Waals surface area contributed by atoms with E-state index in [2.05, 4.69) is 30.3 Å². The minimum Gasteiger partial charge on any atom is -0.497 e. The molecule has 1 aliphatic rings. The molecule has 1 aromatic rings. The topological polar surface area (TPSA) is 33.7 Å². The van der Waals surface area contributed by atoms with Crippen molar-refractivity contribution < 1.29 is 9.47 Å². The predicted octanol–water partition coefficient (Wildman–Crippen LogP) is 2.84. The fraction of sp³-hybridized carbons (Fsp3) is 0.647. The van der Waals surface area contributed by atoms with Gasteiger partial charge in [-0.25, -0.2) is 0 Å². The van der Waals surface area contributed by atoms with E-state index in [0.717, 1.165) is 17.1 Å². The van der Waals surface area contributed by atoms with Crippen LogP contribution in [-0.4, -0.2) is 45.3 Å². The van der Waals surface area contributed by atoms with Gasteiger partial charge in [0.05, 0.1) is 14.2 Å². The maximum absolute atomic E-state index is 5.49. The van der Waals surface area contributed by atoms with Crippen molar-refractivity contribution in [1.29, 1.82) is 0 Å². The highest BCUT2D eigenvalue weighted by molar-refractivity contribution is 5.42. The summed E-state index contributed by atoms with van der Waals surface area (Å²) in [5, 5.41) is 3.76. The summed E-state index contributed by atoms with van der Waals surface area (Å²) in [5.74, 6) is 1.79. The predicted molar refractivity (Wildman–Crippen MR) is 86.2 cm³/mol. The number of hydrogen-bond donors (Lipinski definition) is 1. The Balaban J connectivity index is 2.06. The molecule has 0 bridgehead atoms. The summed E-state index contributed by atoms with van der Waals surface area (Å²) in [4.78, 5) is 2.42. The molecule has 1 saturated heterocycles. The third-order valence-electron chi connectivity index (χ3n) is 4.34. The number of ether oxygens (including phenoxy) is 2. The number of rotatable bonds is 5. The number of likely N-dealkylation sites (tertiary alicyclic amines) is 1. The third kappa shape index (κ3) is 4.35. The van der Waals surface area contributed by atoms with E-state index in [1.807, 2.05) is 12.1 Å². The van der Waals surface area contributed by atoms with Crippen LogP contribution in [0.3, 0.4) is 0 Å². The molecule has 0 radical (unpaired) electrons. The van der Waals surface area contributed by atoms with Gasteiger partial charge in [0.2, 0.25) is 0 Å². The van der Waals surface area contributed by atoms with E-state index >= 15 is 0 Å². The number of methoxy groups -OCH3 is 2. The average molecular weight is 292 g/mol. The lowest BCUT2D eigenvalue weighted by Gasteiger charge is -2.24. The second-order valence-electron chi connectivity index (χ2n) is 5.93. The summed E-state index contributed by atoms with van der Waals surface area (Å²) in [6.45, 7) is 4.57. The molecule has 4 nitrogen and oxygen atoms in total. The number of nitrogens with zero attached hydrogens (tertiary/aromatic N) is 1. The Hall–Kier alpha value is -1.26. The molecule has 0 saturated carbocycles. The van der Waals surface area contributed by atoms with Crippen LogP contribution in [0.25, 0.3) is 0 Å². The molecule has 1 aromatic carbocycles. The molecule has 2 atom stereocenters. The molecule has 4 heteroatoms. The Morgan fingerprint density at radius 1 is 1.19 bits per heavy atom. The summed E-state index contributed by atoms with van der Waals surface area (Å²) in [6.07, 6.45) is 3.70. The van der Waals surface area contributed by atoms with Crippen LogP contribution in [0.15, 0.2) is 18.2 Å². The number of nitrogens with one attached hydrogen (secondary N) is 1. The molecule has 1 N–H and O–H groups in total. The van der Waals surface area contributed by atoms with Crippen molar-refractivity contribution in [1.82, 2.24) is 10.2 Å². The number of benzene rings is 1. The molecule has 1 aliphatic heterocycles. The molecule has 0 amide bonds. The van der Waals surface area contributed by atoms with Crippen LogP contribution in [-0.2, 0) is 0 Å². The molecule has 21 heavy (non-hydrogen) atoms. The monoisotopic (exact) mass is 292 g/mol. The van der Waals surface area contributed by atoms with E-state index in [4.69, 9.17) is 9.47 Å². The van der Waals surface area contributed by atoms with E-state index in [9.17, 15) is 0 Å². The molecule has 1 heterocycles. The first-order valence-electron chi connectivity index (χ1n) is 7.80. The van der Waals surface area contributed by atoms with E-state index in [0.29, 0.717) is 6.04 Å². The summed E-state index contributed by atoms with van der Waals surface area (Å²) < 4.78 is 10.8. The quantitative estimate of drug-likeness (QED) is 0.905. The highest BCUT2D eigenvalue weighted by atomic mass is 16.5. The van der Waals surface area contributed by atoms with Crippen LogP contribution in [0.1, 0.15) is 37.8 Å². The van der Waals surface area contributed by atoms with Crippen molar-refractivity contribution in [2.45, 2.75) is 38.3 Å². The van der Waals surface area contributed by atoms with Gasteiger partial charge in [0.1, 0.15) is 11.5 Å². The van der Waals surface area contributed by atoms with Gasteiger partial charge >= 0.3 is 0 Å². The molecule has 118 valence electrons. The summed E-state index contributed by atoms with van der Waals surface area (Å²) >= 11 is 0. The largest absolute Gasteiger partial charge is 0.497 e. The number of hydrogen-bond acceptors (Lipinski definition) is 4. The first-order valence-corrected chi connectivity index (χ1v) is 7.80. The lowest BCUT2D eigenvalue weighted by atomic mass is 10.0. The molecule has 2 unspecified atom stereocenters. The summed E-state index contributed by atoms with van der Waals surface area (Å²) in [7, 11) is 5.63. The lowest BCUT2D eigenvalue weighted by Crippen LogP contribution is -2.32. The van der Waals surface area contributed by atoms with Gasteiger partial charge in [-0.15, -0.1) is 0 Å². The minimum atomic E-state index is 0.253. The van der Waals surface area contributed by atoms with Crippen LogP contribution >= 0.6 is 0 Å². The van der Waals surface area contributed by atoms with Crippen molar-refractivity contribution in [3.8, 4) is 11.5 Å². The third-order valence-corrected chi connectivity index (χ3v) is 4.34. The first-order chi connectivity index (χ1) is 10.1. The van der Waals surface area contributed by atoms with E-state index in [-0.39, 0.29) is 6.04 Å². The molecular formula is C17H28N2O2. The molecule has 1 fully saturated rings. The van der Waals surface area contributed by atoms with Crippen molar-refractivity contribution in [2.24, 2.45) is 0 Å². The fourth-order valence-electron chi connectivity index (χ4n) is 3.03. The SMILES string of the molecule is COc1ccc(OC)c(C(C)NC2CCCN(C)CC2)c1. The second kappa shape index (κ2) is 7.66. The molecule has 0 aromatic heterocycles. The maximum Gasteiger partial charge on any atom is 0.123 e. The van der Waals surface area contributed by atoms with Gasteiger partial charge in [0.15, 0.2) is 0 Å². The van der Waals surface area contributed by atoms with Crippen LogP contribution in [0, 0.1) is 0 Å². The van der Waals surface area contributed by atoms with E-state index < -0.39 is 0 Å². The smallest absolute Gasteiger partial charge is 0.123 e. The summed E-state index contributed by atoms with van der Waals surface area (Å²) in [5.41, 5.74) is 1.16. The zero-order valence-corrected chi connectivity index (χ0v) is 13.7. The Morgan fingerprint density at radius 3 is 2.71 bits per heavy atom. The van der Waals surface area contributed by atoms with Gasteiger partial charge in [-0.05, 0) is 64.5 Å². The van der Waals surface area contributed by atoms with Gasteiger partial charge in [0.25, 0.3) is 0 Å². The van der Waals surface area contributed by atoms with Crippen LogP contribution in [0.5, 0.6) is 11.5 Å². The van der Waals surface area contributed by atoms with Crippen molar-refractivity contribution in [2.75, 3.05) is 34.4 Å². The van der Waals surface area contributed by atoms with Crippen molar-refractivity contribution in [3.05, 3.63) is 23.8 Å². The Bertz CT molecular complexity index is 450. The van der Waals surface area contributed by atoms with Gasteiger partial charge < -0.3 is 19.7 Å². The highest BCUT2D eigenvalue weighted by Crippen LogP contribution is 2.30. The molecular weight excluding hydrogens is 264 g/mol. The molecule has 0 spiro atoms. The average Bonchev–Trinajstić information content (AvgIpc) is 2.71. The van der Waals surface area contributed by atoms with E-state index in [1.54, 1.807) is 14.2 Å². The lowest BCUT2D eigenvalue weighted by molar-refractivity contribution is 0.338. The van der Waals surface area contributed by atoms with Gasteiger partial charge in [0, 0.05) is 17.6 Å². The zero-order valence-electron chi connectivity index (χ0n) is 13.7. The fourth-order valence-corrected chi connectivity index (χ4v) is 3.03. The second-order valence-corrected chi connectivity index (χ2v) is 5.93. The maximum atomic E-state index is 5.49. The Kier molecular flexibility index (Phi) is 5.88.